The van der Waals surface area contributed by atoms with Gasteiger partial charge < -0.3 is 15.4 Å². The second kappa shape index (κ2) is 8.86. The van der Waals surface area contributed by atoms with Crippen molar-refractivity contribution < 1.29 is 9.53 Å². The van der Waals surface area contributed by atoms with Crippen molar-refractivity contribution in [1.82, 2.24) is 15.5 Å². The summed E-state index contributed by atoms with van der Waals surface area (Å²) < 4.78 is 5.38. The Morgan fingerprint density at radius 3 is 2.26 bits per heavy atom. The van der Waals surface area contributed by atoms with Gasteiger partial charge in [-0.1, -0.05) is 47.5 Å². The number of carbonyl (C=O) groups excluding carboxylic acids is 1. The van der Waals surface area contributed by atoms with Crippen LogP contribution in [-0.4, -0.2) is 28.5 Å². The highest BCUT2D eigenvalue weighted by Crippen LogP contribution is 2.38. The van der Waals surface area contributed by atoms with E-state index in [1.807, 2.05) is 48.2 Å². The van der Waals surface area contributed by atoms with Gasteiger partial charge >= 0.3 is 5.97 Å². The molecule has 0 aliphatic carbocycles. The monoisotopic (exact) mass is 474 g/mol. The number of hydrogen-bond donors (Lipinski definition) is 2. The summed E-state index contributed by atoms with van der Waals surface area (Å²) >= 11 is 17.6. The van der Waals surface area contributed by atoms with Crippen molar-refractivity contribution in [1.29, 1.82) is 0 Å². The lowest BCUT2D eigenvalue weighted by Crippen LogP contribution is -2.60. The van der Waals surface area contributed by atoms with Crippen molar-refractivity contribution in [2.75, 3.05) is 6.61 Å². The minimum absolute atomic E-state index is 0.265. The number of halogens is 2. The molecule has 0 saturated carbocycles. The van der Waals surface area contributed by atoms with Crippen LogP contribution in [0.15, 0.2) is 64.8 Å². The molecule has 2 aliphatic heterocycles. The molecule has 2 unspecified atom stereocenters. The molecule has 0 amide bonds. The molecule has 2 aliphatic rings. The molecule has 0 spiro atoms. The molecule has 2 atom stereocenters. The second-order valence-electron chi connectivity index (χ2n) is 7.05. The Hall–Kier alpha value is -2.61. The Morgan fingerprint density at radius 1 is 1.10 bits per heavy atom. The molecule has 9 heteroatoms. The summed E-state index contributed by atoms with van der Waals surface area (Å²) in [5.41, 5.74) is 2.93. The van der Waals surface area contributed by atoms with Gasteiger partial charge in [0.05, 0.1) is 12.2 Å². The Kier molecular flexibility index (Phi) is 6.18. The summed E-state index contributed by atoms with van der Waals surface area (Å²) in [4.78, 5) is 19.8. The van der Waals surface area contributed by atoms with Gasteiger partial charge in [0.15, 0.2) is 5.11 Å². The summed E-state index contributed by atoms with van der Waals surface area (Å²) in [6.45, 7) is 3.92. The average Bonchev–Trinajstić information content (AvgIpc) is 2.74. The first-order valence-corrected chi connectivity index (χ1v) is 10.9. The molecule has 6 nitrogen and oxygen atoms in total. The van der Waals surface area contributed by atoms with E-state index in [4.69, 9.17) is 45.1 Å². The van der Waals surface area contributed by atoms with Crippen molar-refractivity contribution in [3.8, 4) is 0 Å². The molecule has 0 bridgehead atoms. The number of aliphatic imine (C=N–C) groups is 1. The van der Waals surface area contributed by atoms with Crippen LogP contribution in [0, 0.1) is 0 Å². The standard InChI is InChI=1S/C22H20Cl2N4O2S/c1-3-30-20(29)17-12(2)28-19(14-6-10-16(24)11-7-14)26-22(31)27-21(28)25-18(17)13-4-8-15(23)9-5-13/h4-11,18-19H,3H2,1-2H3,(H2,25,26,27,31). The van der Waals surface area contributed by atoms with Crippen LogP contribution in [0.5, 0.6) is 0 Å². The molecule has 0 aromatic heterocycles. The summed E-state index contributed by atoms with van der Waals surface area (Å²) in [6.07, 6.45) is -0.361. The number of thiocarbonyl (C=S) groups is 1. The van der Waals surface area contributed by atoms with E-state index in [1.165, 1.54) is 0 Å². The quantitative estimate of drug-likeness (QED) is 0.493. The van der Waals surface area contributed by atoms with Crippen molar-refractivity contribution in [3.63, 3.8) is 0 Å². The Morgan fingerprint density at radius 2 is 1.68 bits per heavy atom. The molecule has 2 aromatic rings. The zero-order valence-electron chi connectivity index (χ0n) is 16.9. The van der Waals surface area contributed by atoms with Gasteiger partial charge in [-0.2, -0.15) is 0 Å². The number of esters is 1. The number of allylic oxidation sites excluding steroid dienone is 1. The van der Waals surface area contributed by atoms with E-state index in [2.05, 4.69) is 10.6 Å². The molecule has 31 heavy (non-hydrogen) atoms. The minimum atomic E-state index is -0.554. The van der Waals surface area contributed by atoms with Crippen LogP contribution >= 0.6 is 35.4 Å². The van der Waals surface area contributed by atoms with E-state index in [0.29, 0.717) is 32.4 Å². The van der Waals surface area contributed by atoms with Gasteiger partial charge in [0.25, 0.3) is 0 Å². The summed E-state index contributed by atoms with van der Waals surface area (Å²) in [5.74, 6) is 0.139. The maximum atomic E-state index is 13.0. The highest BCUT2D eigenvalue weighted by molar-refractivity contribution is 7.80. The van der Waals surface area contributed by atoms with Crippen LogP contribution in [0.25, 0.3) is 0 Å². The fraction of sp³-hybridized carbons (Fsp3) is 0.227. The third-order valence-electron chi connectivity index (χ3n) is 5.12. The van der Waals surface area contributed by atoms with Gasteiger partial charge in [0.1, 0.15) is 12.2 Å². The van der Waals surface area contributed by atoms with Gasteiger partial charge in [-0.3, -0.25) is 4.90 Å². The molecule has 0 radical (unpaired) electrons. The highest BCUT2D eigenvalue weighted by Gasteiger charge is 2.40. The van der Waals surface area contributed by atoms with Crippen molar-refractivity contribution in [3.05, 3.63) is 81.0 Å². The second-order valence-corrected chi connectivity index (χ2v) is 8.33. The Bertz CT molecular complexity index is 1080. The molecule has 2 N–H and O–H groups in total. The number of carbonyl (C=O) groups is 1. The largest absolute Gasteiger partial charge is 0.463 e. The molecule has 160 valence electrons. The number of fused-ring (bicyclic) bond motifs is 1. The number of nitrogens with one attached hydrogen (secondary N) is 2. The number of benzene rings is 2. The first-order chi connectivity index (χ1) is 14.9. The number of hydrogen-bond acceptors (Lipinski definition) is 5. The first kappa shape index (κ1) is 21.6. The van der Waals surface area contributed by atoms with E-state index in [0.717, 1.165) is 11.1 Å². The minimum Gasteiger partial charge on any atom is -0.463 e. The maximum absolute atomic E-state index is 13.0. The predicted molar refractivity (Wildman–Crippen MR) is 126 cm³/mol. The third kappa shape index (κ3) is 4.26. The molecular weight excluding hydrogens is 455 g/mol. The van der Waals surface area contributed by atoms with Crippen LogP contribution in [0.1, 0.15) is 37.2 Å². The van der Waals surface area contributed by atoms with Crippen molar-refractivity contribution in [2.24, 2.45) is 4.99 Å². The zero-order chi connectivity index (χ0) is 22.1. The van der Waals surface area contributed by atoms with Crippen LogP contribution in [0.4, 0.5) is 0 Å². The van der Waals surface area contributed by atoms with E-state index < -0.39 is 12.0 Å². The van der Waals surface area contributed by atoms with Gasteiger partial charge in [0, 0.05) is 15.7 Å². The molecule has 2 heterocycles. The topological polar surface area (TPSA) is 66.0 Å². The van der Waals surface area contributed by atoms with E-state index in [1.54, 1.807) is 19.1 Å². The van der Waals surface area contributed by atoms with Gasteiger partial charge in [0.2, 0.25) is 5.96 Å². The first-order valence-electron chi connectivity index (χ1n) is 9.72. The normalized spacial score (nSPS) is 20.5. The molecule has 4 rings (SSSR count). The maximum Gasteiger partial charge on any atom is 0.338 e. The van der Waals surface area contributed by atoms with E-state index >= 15 is 0 Å². The Balaban J connectivity index is 1.84. The zero-order valence-corrected chi connectivity index (χ0v) is 19.2. The lowest BCUT2D eigenvalue weighted by molar-refractivity contribution is -0.139. The lowest BCUT2D eigenvalue weighted by Gasteiger charge is -2.44. The van der Waals surface area contributed by atoms with Crippen molar-refractivity contribution in [2.45, 2.75) is 26.1 Å². The Labute approximate surface area is 195 Å². The van der Waals surface area contributed by atoms with Crippen molar-refractivity contribution >= 4 is 52.5 Å². The van der Waals surface area contributed by atoms with Gasteiger partial charge in [-0.25, -0.2) is 9.79 Å². The number of nitrogens with zero attached hydrogens (tertiary/aromatic N) is 2. The SMILES string of the molecule is CCOC(=O)C1=C(C)N2C(=NC1c1ccc(Cl)cc1)NC(=S)NC2c1ccc(Cl)cc1. The number of guanidine groups is 1. The van der Waals surface area contributed by atoms with Crippen LogP contribution in [0.3, 0.4) is 0 Å². The van der Waals surface area contributed by atoms with Crippen LogP contribution in [-0.2, 0) is 9.53 Å². The highest BCUT2D eigenvalue weighted by atomic mass is 35.5. The lowest BCUT2D eigenvalue weighted by atomic mass is 9.95. The molecule has 1 fully saturated rings. The molecule has 2 aromatic carbocycles. The summed E-state index contributed by atoms with van der Waals surface area (Å²) in [6, 6.07) is 14.2. The fourth-order valence-electron chi connectivity index (χ4n) is 3.70. The average molecular weight is 475 g/mol. The molecular formula is C22H20Cl2N4O2S. The summed E-state index contributed by atoms with van der Waals surface area (Å²) in [7, 11) is 0. The van der Waals surface area contributed by atoms with Crippen LogP contribution < -0.4 is 10.6 Å². The van der Waals surface area contributed by atoms with Gasteiger partial charge in [-0.15, -0.1) is 0 Å². The smallest absolute Gasteiger partial charge is 0.338 e. The van der Waals surface area contributed by atoms with Gasteiger partial charge in [-0.05, 0) is 61.5 Å². The van der Waals surface area contributed by atoms with Crippen LogP contribution in [0.2, 0.25) is 10.0 Å². The predicted octanol–water partition coefficient (Wildman–Crippen LogP) is 4.72. The van der Waals surface area contributed by atoms with E-state index in [-0.39, 0.29) is 12.8 Å². The van der Waals surface area contributed by atoms with E-state index in [9.17, 15) is 4.79 Å². The molecule has 1 saturated heterocycles. The summed E-state index contributed by atoms with van der Waals surface area (Å²) in [5, 5.41) is 8.06. The fourth-order valence-corrected chi connectivity index (χ4v) is 4.16. The number of ether oxygens (including phenoxy) is 1. The third-order valence-corrected chi connectivity index (χ3v) is 5.85. The number of rotatable bonds is 4.